The van der Waals surface area contributed by atoms with Crippen LogP contribution in [0.4, 0.5) is 4.39 Å². The molecule has 0 aliphatic heterocycles. The highest BCUT2D eigenvalue weighted by atomic mass is 19.1. The van der Waals surface area contributed by atoms with Gasteiger partial charge in [-0.2, -0.15) is 0 Å². The van der Waals surface area contributed by atoms with Crippen LogP contribution in [0.1, 0.15) is 30.4 Å². The van der Waals surface area contributed by atoms with Crippen LogP contribution >= 0.6 is 0 Å². The van der Waals surface area contributed by atoms with E-state index < -0.39 is 12.0 Å². The van der Waals surface area contributed by atoms with E-state index >= 15 is 0 Å². The lowest BCUT2D eigenvalue weighted by Crippen LogP contribution is -2.72. The normalized spacial score (nSPS) is 34.4. The zero-order chi connectivity index (χ0) is 13.1. The maximum Gasteiger partial charge on any atom is 0.321 e. The van der Waals surface area contributed by atoms with Crippen LogP contribution in [0.25, 0.3) is 0 Å². The van der Waals surface area contributed by atoms with E-state index in [1.807, 2.05) is 6.92 Å². The van der Waals surface area contributed by atoms with Crippen LogP contribution < -0.4 is 5.73 Å². The zero-order valence-electron chi connectivity index (χ0n) is 10.2. The van der Waals surface area contributed by atoms with Crippen LogP contribution in [-0.2, 0) is 10.2 Å². The summed E-state index contributed by atoms with van der Waals surface area (Å²) in [5.41, 5.74) is 7.57. The zero-order valence-corrected chi connectivity index (χ0v) is 10.2. The van der Waals surface area contributed by atoms with Gasteiger partial charge in [-0.1, -0.05) is 6.07 Å². The molecule has 3 nitrogen and oxygen atoms in total. The minimum Gasteiger partial charge on any atom is -0.480 e. The third kappa shape index (κ3) is 1.29. The summed E-state index contributed by atoms with van der Waals surface area (Å²) < 4.78 is 13.3. The fourth-order valence-electron chi connectivity index (χ4n) is 3.91. The Labute approximate surface area is 105 Å². The maximum absolute atomic E-state index is 13.3. The molecule has 96 valence electrons. The van der Waals surface area contributed by atoms with Crippen molar-refractivity contribution >= 4 is 5.97 Å². The third-order valence-electron chi connectivity index (χ3n) is 4.77. The first-order valence-corrected chi connectivity index (χ1v) is 6.14. The molecular weight excluding hydrogens is 233 g/mol. The Morgan fingerprint density at radius 3 is 2.61 bits per heavy atom. The van der Waals surface area contributed by atoms with Crippen LogP contribution in [0.3, 0.4) is 0 Å². The van der Waals surface area contributed by atoms with E-state index in [4.69, 9.17) is 10.8 Å². The molecule has 0 heterocycles. The van der Waals surface area contributed by atoms with Gasteiger partial charge < -0.3 is 10.8 Å². The van der Waals surface area contributed by atoms with Crippen molar-refractivity contribution < 1.29 is 14.3 Å². The van der Waals surface area contributed by atoms with Gasteiger partial charge >= 0.3 is 5.97 Å². The van der Waals surface area contributed by atoms with Gasteiger partial charge in [0.2, 0.25) is 0 Å². The van der Waals surface area contributed by atoms with E-state index in [0.717, 1.165) is 30.4 Å². The molecule has 0 spiro atoms. The fourth-order valence-corrected chi connectivity index (χ4v) is 3.91. The Bertz CT molecular complexity index is 521. The molecule has 1 aromatic carbocycles. The predicted octanol–water partition coefficient (Wildman–Crippen LogP) is 1.97. The van der Waals surface area contributed by atoms with Gasteiger partial charge in [0, 0.05) is 0 Å². The summed E-state index contributed by atoms with van der Waals surface area (Å²) in [5.74, 6) is -1.16. The lowest BCUT2D eigenvalue weighted by atomic mass is 9.31. The standard InChI is InChI=1S/C14H16FNO2/c1-8-2-3-9(15)4-10(8)13-5-14(6-13,7-13)11(16)12(17)18/h2-4,11H,5-7,16H2,1H3,(H,17,18). The van der Waals surface area contributed by atoms with Crippen molar-refractivity contribution in [2.24, 2.45) is 11.1 Å². The molecule has 4 heteroatoms. The fraction of sp³-hybridized carbons (Fsp3) is 0.500. The van der Waals surface area contributed by atoms with Crippen molar-refractivity contribution in [1.29, 1.82) is 0 Å². The van der Waals surface area contributed by atoms with Crippen LogP contribution in [0.5, 0.6) is 0 Å². The van der Waals surface area contributed by atoms with E-state index in [1.165, 1.54) is 6.07 Å². The number of rotatable bonds is 3. The van der Waals surface area contributed by atoms with Crippen LogP contribution in [0, 0.1) is 18.2 Å². The molecular formula is C14H16FNO2. The summed E-state index contributed by atoms with van der Waals surface area (Å²) in [7, 11) is 0. The van der Waals surface area contributed by atoms with Crippen LogP contribution in [0.2, 0.25) is 0 Å². The van der Waals surface area contributed by atoms with Crippen LogP contribution in [-0.4, -0.2) is 17.1 Å². The lowest BCUT2D eigenvalue weighted by molar-refractivity contribution is -0.179. The molecule has 3 fully saturated rings. The van der Waals surface area contributed by atoms with Gasteiger partial charge in [0.15, 0.2) is 0 Å². The molecule has 1 atom stereocenters. The Hall–Kier alpha value is -1.42. The number of hydrogen-bond acceptors (Lipinski definition) is 2. The van der Waals surface area contributed by atoms with Gasteiger partial charge in [0.1, 0.15) is 11.9 Å². The van der Waals surface area contributed by atoms with Gasteiger partial charge in [0.05, 0.1) is 0 Å². The van der Waals surface area contributed by atoms with Gasteiger partial charge in [-0.05, 0) is 60.3 Å². The van der Waals surface area contributed by atoms with E-state index in [0.29, 0.717) is 0 Å². The molecule has 3 N–H and O–H groups in total. The van der Waals surface area contributed by atoms with Gasteiger partial charge in [0.25, 0.3) is 0 Å². The average Bonchev–Trinajstić information content (AvgIpc) is 2.19. The number of halogens is 1. The Morgan fingerprint density at radius 1 is 1.44 bits per heavy atom. The number of nitrogens with two attached hydrogens (primary N) is 1. The number of aryl methyl sites for hydroxylation is 1. The van der Waals surface area contributed by atoms with Crippen LogP contribution in [0.15, 0.2) is 18.2 Å². The second-order valence-electron chi connectivity index (χ2n) is 5.95. The molecule has 1 aromatic rings. The van der Waals surface area contributed by atoms with E-state index in [2.05, 4.69) is 0 Å². The van der Waals surface area contributed by atoms with Gasteiger partial charge in [-0.15, -0.1) is 0 Å². The number of hydrogen-bond donors (Lipinski definition) is 2. The van der Waals surface area contributed by atoms with Crippen molar-refractivity contribution in [2.75, 3.05) is 0 Å². The molecule has 2 bridgehead atoms. The predicted molar refractivity (Wildman–Crippen MR) is 64.7 cm³/mol. The van der Waals surface area contributed by atoms with E-state index in [1.54, 1.807) is 12.1 Å². The highest BCUT2D eigenvalue weighted by molar-refractivity contribution is 5.76. The summed E-state index contributed by atoms with van der Waals surface area (Å²) >= 11 is 0. The van der Waals surface area contributed by atoms with Gasteiger partial charge in [-0.25, -0.2) is 4.39 Å². The summed E-state index contributed by atoms with van der Waals surface area (Å²) in [6.07, 6.45) is 2.33. The van der Waals surface area contributed by atoms with Crippen molar-refractivity contribution in [3.05, 3.63) is 35.1 Å². The van der Waals surface area contributed by atoms with Crippen molar-refractivity contribution in [2.45, 2.75) is 37.6 Å². The third-order valence-corrected chi connectivity index (χ3v) is 4.77. The highest BCUT2D eigenvalue weighted by Gasteiger charge is 2.71. The molecule has 0 radical (unpaired) electrons. The van der Waals surface area contributed by atoms with Crippen molar-refractivity contribution in [3.8, 4) is 0 Å². The average molecular weight is 249 g/mol. The SMILES string of the molecule is Cc1ccc(F)cc1C12CC(C(N)C(=O)O)(C1)C2. The summed E-state index contributed by atoms with van der Waals surface area (Å²) in [6, 6.07) is 4.05. The molecule has 0 aromatic heterocycles. The maximum atomic E-state index is 13.3. The number of carboxylic acid groups (broad SMARTS) is 1. The first-order chi connectivity index (χ1) is 8.39. The number of carbonyl (C=O) groups is 1. The molecule has 1 unspecified atom stereocenters. The monoisotopic (exact) mass is 249 g/mol. The Morgan fingerprint density at radius 2 is 2.06 bits per heavy atom. The van der Waals surface area contributed by atoms with Crippen molar-refractivity contribution in [1.82, 2.24) is 0 Å². The lowest BCUT2D eigenvalue weighted by Gasteiger charge is -2.72. The minimum atomic E-state index is -0.931. The summed E-state index contributed by atoms with van der Waals surface area (Å²) in [5, 5.41) is 8.98. The first-order valence-electron chi connectivity index (χ1n) is 6.14. The minimum absolute atomic E-state index is 0.0146. The topological polar surface area (TPSA) is 63.3 Å². The quantitative estimate of drug-likeness (QED) is 0.860. The first kappa shape index (κ1) is 11.7. The molecule has 0 saturated heterocycles. The smallest absolute Gasteiger partial charge is 0.321 e. The largest absolute Gasteiger partial charge is 0.480 e. The van der Waals surface area contributed by atoms with Crippen molar-refractivity contribution in [3.63, 3.8) is 0 Å². The number of benzene rings is 1. The number of aliphatic carboxylic acids is 1. The molecule has 3 aliphatic rings. The molecule has 4 rings (SSSR count). The van der Waals surface area contributed by atoms with Gasteiger partial charge in [-0.3, -0.25) is 4.79 Å². The Kier molecular flexibility index (Phi) is 2.15. The molecule has 3 saturated carbocycles. The second-order valence-corrected chi connectivity index (χ2v) is 5.95. The van der Waals surface area contributed by atoms with E-state index in [9.17, 15) is 9.18 Å². The highest BCUT2D eigenvalue weighted by Crippen LogP contribution is 2.74. The molecule has 0 amide bonds. The Balaban J connectivity index is 1.84. The summed E-state index contributed by atoms with van der Waals surface area (Å²) in [4.78, 5) is 10.9. The summed E-state index contributed by atoms with van der Waals surface area (Å²) in [6.45, 7) is 1.97. The number of carboxylic acids is 1. The molecule has 3 aliphatic carbocycles. The molecule has 18 heavy (non-hydrogen) atoms. The van der Waals surface area contributed by atoms with E-state index in [-0.39, 0.29) is 16.6 Å². The second kappa shape index (κ2) is 3.32.